The molecule has 3 amide bonds. The molecule has 138 valence electrons. The van der Waals surface area contributed by atoms with E-state index in [1.54, 1.807) is 7.11 Å². The number of urea groups is 1. The van der Waals surface area contributed by atoms with Gasteiger partial charge in [-0.2, -0.15) is 0 Å². The van der Waals surface area contributed by atoms with Crippen LogP contribution in [0.3, 0.4) is 0 Å². The van der Waals surface area contributed by atoms with Gasteiger partial charge in [-0.25, -0.2) is 4.79 Å². The predicted octanol–water partition coefficient (Wildman–Crippen LogP) is 1.44. The third kappa shape index (κ3) is 6.26. The third-order valence-electron chi connectivity index (χ3n) is 4.38. The van der Waals surface area contributed by atoms with Crippen molar-refractivity contribution in [3.8, 4) is 5.75 Å². The molecule has 25 heavy (non-hydrogen) atoms. The number of hydrogen-bond donors (Lipinski definition) is 2. The summed E-state index contributed by atoms with van der Waals surface area (Å²) >= 11 is 0. The van der Waals surface area contributed by atoms with Crippen molar-refractivity contribution in [1.82, 2.24) is 15.5 Å². The van der Waals surface area contributed by atoms with Crippen molar-refractivity contribution in [3.05, 3.63) is 24.3 Å². The molecule has 2 N–H and O–H groups in total. The number of nitrogens with one attached hydrogen (secondary N) is 2. The minimum absolute atomic E-state index is 0.228. The van der Waals surface area contributed by atoms with Gasteiger partial charge in [0.05, 0.1) is 7.11 Å². The van der Waals surface area contributed by atoms with Crippen LogP contribution in [0.25, 0.3) is 0 Å². The summed E-state index contributed by atoms with van der Waals surface area (Å²) in [4.78, 5) is 27.5. The summed E-state index contributed by atoms with van der Waals surface area (Å²) in [5.74, 6) is 0.643. The molecule has 0 bridgehead atoms. The zero-order valence-electron chi connectivity index (χ0n) is 15.1. The number of amides is 3. The molecule has 0 saturated carbocycles. The van der Waals surface area contributed by atoms with Crippen LogP contribution in [0.1, 0.15) is 19.3 Å². The number of carbonyl (C=O) groups is 2. The molecule has 1 saturated heterocycles. The van der Waals surface area contributed by atoms with E-state index in [1.165, 1.54) is 12.7 Å². The van der Waals surface area contributed by atoms with Crippen LogP contribution in [0, 0.1) is 0 Å². The molecule has 1 fully saturated rings. The summed E-state index contributed by atoms with van der Waals surface area (Å²) in [6, 6.07) is 7.72. The molecule has 0 atom stereocenters. The number of nitrogens with zero attached hydrogens (tertiary/aromatic N) is 2. The van der Waals surface area contributed by atoms with E-state index in [0.717, 1.165) is 51.3 Å². The van der Waals surface area contributed by atoms with E-state index in [0.29, 0.717) is 6.42 Å². The first kappa shape index (κ1) is 19.1. The molecule has 1 aromatic rings. The normalized spacial score (nSPS) is 15.4. The van der Waals surface area contributed by atoms with Crippen molar-refractivity contribution in [2.45, 2.75) is 19.3 Å². The summed E-state index contributed by atoms with van der Waals surface area (Å²) in [6.07, 6.45) is 2.22. The van der Waals surface area contributed by atoms with Gasteiger partial charge in [-0.15, -0.1) is 0 Å². The van der Waals surface area contributed by atoms with Crippen molar-refractivity contribution in [2.75, 3.05) is 51.8 Å². The number of hydrogen-bond acceptors (Lipinski definition) is 5. The second kappa shape index (κ2) is 9.88. The second-order valence-electron chi connectivity index (χ2n) is 6.11. The molecule has 0 radical (unpaired) electrons. The summed E-state index contributed by atoms with van der Waals surface area (Å²) in [5.41, 5.74) is 1.22. The van der Waals surface area contributed by atoms with Crippen molar-refractivity contribution < 1.29 is 14.3 Å². The van der Waals surface area contributed by atoms with Crippen molar-refractivity contribution in [2.24, 2.45) is 0 Å². The van der Waals surface area contributed by atoms with Gasteiger partial charge in [0.25, 0.3) is 0 Å². The highest BCUT2D eigenvalue weighted by molar-refractivity contribution is 5.94. The molecular formula is C18H28N4O3. The van der Waals surface area contributed by atoms with Crippen LogP contribution in [-0.2, 0) is 4.79 Å². The van der Waals surface area contributed by atoms with Crippen molar-refractivity contribution >= 4 is 17.6 Å². The maximum absolute atomic E-state index is 11.6. The van der Waals surface area contributed by atoms with Crippen LogP contribution >= 0.6 is 0 Å². The maximum Gasteiger partial charge on any atom is 0.321 e. The number of rotatable bonds is 6. The Morgan fingerprint density at radius 1 is 1.12 bits per heavy atom. The van der Waals surface area contributed by atoms with E-state index in [2.05, 4.69) is 32.6 Å². The zero-order valence-corrected chi connectivity index (χ0v) is 15.1. The van der Waals surface area contributed by atoms with Gasteiger partial charge in [-0.05, 0) is 50.2 Å². The van der Waals surface area contributed by atoms with Crippen LogP contribution in [0.4, 0.5) is 10.5 Å². The summed E-state index contributed by atoms with van der Waals surface area (Å²) in [7, 11) is 3.17. The van der Waals surface area contributed by atoms with Gasteiger partial charge in [-0.3, -0.25) is 10.1 Å². The summed E-state index contributed by atoms with van der Waals surface area (Å²) < 4.78 is 5.21. The van der Waals surface area contributed by atoms with E-state index in [-0.39, 0.29) is 5.91 Å². The molecule has 1 aliphatic heterocycles. The largest absolute Gasteiger partial charge is 0.497 e. The molecule has 0 aromatic heterocycles. The smallest absolute Gasteiger partial charge is 0.321 e. The molecule has 0 aliphatic carbocycles. The summed E-state index contributed by atoms with van der Waals surface area (Å²) in [6.45, 7) is 4.88. The number of anilines is 1. The molecule has 0 spiro atoms. The lowest BCUT2D eigenvalue weighted by Crippen LogP contribution is -2.37. The first-order chi connectivity index (χ1) is 12.1. The molecule has 7 heteroatoms. The Balaban J connectivity index is 1.73. The van der Waals surface area contributed by atoms with Gasteiger partial charge in [0.1, 0.15) is 5.75 Å². The van der Waals surface area contributed by atoms with Crippen LogP contribution in [0.15, 0.2) is 24.3 Å². The Morgan fingerprint density at radius 2 is 1.88 bits per heavy atom. The lowest BCUT2D eigenvalue weighted by atomic mass is 10.2. The first-order valence-corrected chi connectivity index (χ1v) is 8.75. The van der Waals surface area contributed by atoms with Crippen LogP contribution in [-0.4, -0.2) is 63.7 Å². The summed E-state index contributed by atoms with van der Waals surface area (Å²) in [5, 5.41) is 4.67. The lowest BCUT2D eigenvalue weighted by molar-refractivity contribution is -0.120. The fourth-order valence-corrected chi connectivity index (χ4v) is 2.96. The molecular weight excluding hydrogens is 320 g/mol. The highest BCUT2D eigenvalue weighted by Gasteiger charge is 2.15. The highest BCUT2D eigenvalue weighted by atomic mass is 16.5. The standard InChI is InChI=1S/C18H28N4O3/c1-19-18(24)20-17(23)5-3-10-21-11-4-12-22(14-13-21)15-6-8-16(25-2)9-7-15/h6-9H,3-5,10-14H2,1-2H3,(H2,19,20,23,24). The molecule has 1 aromatic carbocycles. The van der Waals surface area contributed by atoms with Gasteiger partial charge < -0.3 is 19.9 Å². The molecule has 0 unspecified atom stereocenters. The van der Waals surface area contributed by atoms with Gasteiger partial charge >= 0.3 is 6.03 Å². The third-order valence-corrected chi connectivity index (χ3v) is 4.38. The monoisotopic (exact) mass is 348 g/mol. The zero-order chi connectivity index (χ0) is 18.1. The quantitative estimate of drug-likeness (QED) is 0.814. The van der Waals surface area contributed by atoms with Crippen LogP contribution < -0.4 is 20.3 Å². The van der Waals surface area contributed by atoms with Crippen molar-refractivity contribution in [1.29, 1.82) is 0 Å². The molecule has 1 aliphatic rings. The molecule has 1 heterocycles. The highest BCUT2D eigenvalue weighted by Crippen LogP contribution is 2.20. The van der Waals surface area contributed by atoms with E-state index in [1.807, 2.05) is 12.1 Å². The number of methoxy groups -OCH3 is 1. The molecule has 7 nitrogen and oxygen atoms in total. The van der Waals surface area contributed by atoms with Gasteiger partial charge in [0, 0.05) is 38.8 Å². The van der Waals surface area contributed by atoms with E-state index < -0.39 is 6.03 Å². The number of benzene rings is 1. The van der Waals surface area contributed by atoms with Crippen molar-refractivity contribution in [3.63, 3.8) is 0 Å². The lowest BCUT2D eigenvalue weighted by Gasteiger charge is -2.23. The fourth-order valence-electron chi connectivity index (χ4n) is 2.96. The Kier molecular flexibility index (Phi) is 7.53. The maximum atomic E-state index is 11.6. The predicted molar refractivity (Wildman–Crippen MR) is 98.1 cm³/mol. The fraction of sp³-hybridized carbons (Fsp3) is 0.556. The number of imide groups is 1. The first-order valence-electron chi connectivity index (χ1n) is 8.75. The van der Waals surface area contributed by atoms with Gasteiger partial charge in [-0.1, -0.05) is 0 Å². The van der Waals surface area contributed by atoms with E-state index in [4.69, 9.17) is 4.74 Å². The minimum atomic E-state index is -0.449. The SMILES string of the molecule is CNC(=O)NC(=O)CCCN1CCCN(c2ccc(OC)cc2)CC1. The number of ether oxygens (including phenoxy) is 1. The van der Waals surface area contributed by atoms with Crippen LogP contribution in [0.5, 0.6) is 5.75 Å². The minimum Gasteiger partial charge on any atom is -0.497 e. The second-order valence-corrected chi connectivity index (χ2v) is 6.11. The van der Waals surface area contributed by atoms with Gasteiger partial charge in [0.15, 0.2) is 0 Å². The van der Waals surface area contributed by atoms with Crippen LogP contribution in [0.2, 0.25) is 0 Å². The average molecular weight is 348 g/mol. The van der Waals surface area contributed by atoms with Gasteiger partial charge in [0.2, 0.25) is 5.91 Å². The van der Waals surface area contributed by atoms with E-state index >= 15 is 0 Å². The Morgan fingerprint density at radius 3 is 2.56 bits per heavy atom. The Bertz CT molecular complexity index is 562. The average Bonchev–Trinajstić information content (AvgIpc) is 2.87. The van der Waals surface area contributed by atoms with E-state index in [9.17, 15) is 9.59 Å². The topological polar surface area (TPSA) is 73.9 Å². The Hall–Kier alpha value is -2.28. The number of carbonyl (C=O) groups excluding carboxylic acids is 2. The molecule has 2 rings (SSSR count). The Labute approximate surface area is 149 Å².